The van der Waals surface area contributed by atoms with Crippen molar-refractivity contribution < 1.29 is 9.53 Å². The Morgan fingerprint density at radius 1 is 1.20 bits per heavy atom. The van der Waals surface area contributed by atoms with Gasteiger partial charge in [0.15, 0.2) is 0 Å². The van der Waals surface area contributed by atoms with Crippen molar-refractivity contribution in [1.82, 2.24) is 9.80 Å². The average molecular weight is 280 g/mol. The Morgan fingerprint density at radius 2 is 1.70 bits per heavy atom. The summed E-state index contributed by atoms with van der Waals surface area (Å²) < 4.78 is 5.34. The van der Waals surface area contributed by atoms with Gasteiger partial charge in [0.05, 0.1) is 0 Å². The number of amides is 1. The highest BCUT2D eigenvalue weighted by Gasteiger charge is 2.25. The molecule has 1 fully saturated rings. The van der Waals surface area contributed by atoms with E-state index >= 15 is 0 Å². The Bertz CT molecular complexity index is 415. The second-order valence-electron chi connectivity index (χ2n) is 5.73. The summed E-state index contributed by atoms with van der Waals surface area (Å²) in [4.78, 5) is 15.7. The fourth-order valence-electron chi connectivity index (χ4n) is 1.79. The summed E-state index contributed by atoms with van der Waals surface area (Å²) in [7, 11) is 0. The molecule has 1 amide bonds. The van der Waals surface area contributed by atoms with E-state index in [9.17, 15) is 4.79 Å². The van der Waals surface area contributed by atoms with Crippen LogP contribution in [-0.4, -0.2) is 53.5 Å². The van der Waals surface area contributed by atoms with Crippen LogP contribution in [0.3, 0.4) is 0 Å². The van der Waals surface area contributed by atoms with Crippen LogP contribution in [0, 0.1) is 5.41 Å². The number of nitrogens with zero attached hydrogens (tertiary/aromatic N) is 2. The number of carbonyl (C=O) groups excluding carboxylic acids is 1. The molecule has 3 N–H and O–H groups in total. The molecule has 0 radical (unpaired) electrons. The van der Waals surface area contributed by atoms with Crippen molar-refractivity contribution in [3.63, 3.8) is 0 Å². The topological polar surface area (TPSA) is 82.7 Å². The fraction of sp³-hybridized carbons (Fsp3) is 0.571. The smallest absolute Gasteiger partial charge is 0.410 e. The number of nitrogens with one attached hydrogen (secondary N) is 1. The summed E-state index contributed by atoms with van der Waals surface area (Å²) >= 11 is 0. The Morgan fingerprint density at radius 3 is 2.15 bits per heavy atom. The predicted molar refractivity (Wildman–Crippen MR) is 79.6 cm³/mol. The van der Waals surface area contributed by atoms with Gasteiger partial charge < -0.3 is 20.3 Å². The number of piperazine rings is 1. The first kappa shape index (κ1) is 16.1. The van der Waals surface area contributed by atoms with Crippen molar-refractivity contribution in [3.05, 3.63) is 24.4 Å². The first-order valence-corrected chi connectivity index (χ1v) is 6.63. The first-order chi connectivity index (χ1) is 9.19. The van der Waals surface area contributed by atoms with Gasteiger partial charge in [0.2, 0.25) is 0 Å². The highest BCUT2D eigenvalue weighted by Crippen LogP contribution is 2.13. The molecule has 1 saturated heterocycles. The third-order valence-corrected chi connectivity index (χ3v) is 2.79. The fourth-order valence-corrected chi connectivity index (χ4v) is 1.79. The van der Waals surface area contributed by atoms with Gasteiger partial charge in [-0.1, -0.05) is 6.58 Å². The van der Waals surface area contributed by atoms with Crippen molar-refractivity contribution in [1.29, 1.82) is 5.41 Å². The molecular formula is C14H24N4O2. The maximum absolute atomic E-state index is 11.9. The van der Waals surface area contributed by atoms with E-state index in [0.29, 0.717) is 26.2 Å². The summed E-state index contributed by atoms with van der Waals surface area (Å²) in [6, 6.07) is 0. The van der Waals surface area contributed by atoms with Gasteiger partial charge in [-0.2, -0.15) is 0 Å². The summed E-state index contributed by atoms with van der Waals surface area (Å²) in [5.41, 5.74) is 5.58. The summed E-state index contributed by atoms with van der Waals surface area (Å²) in [6.07, 6.45) is 2.94. The molecule has 0 aromatic rings. The monoisotopic (exact) mass is 280 g/mol. The molecule has 0 unspecified atom stereocenters. The lowest BCUT2D eigenvalue weighted by Gasteiger charge is -2.36. The number of allylic oxidation sites excluding steroid dienone is 1. The average Bonchev–Trinajstić information content (AvgIpc) is 2.34. The van der Waals surface area contributed by atoms with Crippen LogP contribution in [0.25, 0.3) is 0 Å². The van der Waals surface area contributed by atoms with Crippen molar-refractivity contribution >= 4 is 11.9 Å². The van der Waals surface area contributed by atoms with Crippen LogP contribution in [-0.2, 0) is 4.74 Å². The van der Waals surface area contributed by atoms with Crippen LogP contribution in [0.5, 0.6) is 0 Å². The van der Waals surface area contributed by atoms with E-state index in [4.69, 9.17) is 15.9 Å². The number of rotatable bonds is 3. The zero-order valence-corrected chi connectivity index (χ0v) is 12.5. The van der Waals surface area contributed by atoms with E-state index in [2.05, 4.69) is 11.5 Å². The summed E-state index contributed by atoms with van der Waals surface area (Å²) in [5.74, 6) is -0.00135. The maximum atomic E-state index is 11.9. The molecule has 0 aliphatic carbocycles. The van der Waals surface area contributed by atoms with Gasteiger partial charge in [0, 0.05) is 31.9 Å². The van der Waals surface area contributed by atoms with E-state index in [1.165, 1.54) is 6.08 Å². The van der Waals surface area contributed by atoms with Gasteiger partial charge >= 0.3 is 6.09 Å². The van der Waals surface area contributed by atoms with Crippen molar-refractivity contribution in [2.75, 3.05) is 26.2 Å². The first-order valence-electron chi connectivity index (χ1n) is 6.63. The molecule has 112 valence electrons. The molecule has 1 aliphatic rings. The van der Waals surface area contributed by atoms with Crippen LogP contribution in [0.1, 0.15) is 20.8 Å². The van der Waals surface area contributed by atoms with Crippen LogP contribution in [0.15, 0.2) is 24.4 Å². The number of hydrogen-bond acceptors (Lipinski definition) is 4. The molecule has 6 nitrogen and oxygen atoms in total. The molecule has 1 aliphatic heterocycles. The Hall–Kier alpha value is -1.98. The lowest BCUT2D eigenvalue weighted by atomic mass is 10.2. The van der Waals surface area contributed by atoms with Crippen molar-refractivity contribution in [3.8, 4) is 0 Å². The van der Waals surface area contributed by atoms with E-state index in [1.54, 1.807) is 11.0 Å². The number of hydrogen-bond donors (Lipinski definition) is 2. The lowest BCUT2D eigenvalue weighted by molar-refractivity contribution is 0.0171. The molecule has 20 heavy (non-hydrogen) atoms. The van der Waals surface area contributed by atoms with Gasteiger partial charge in [-0.15, -0.1) is 0 Å². The van der Waals surface area contributed by atoms with Crippen molar-refractivity contribution in [2.24, 2.45) is 5.73 Å². The largest absolute Gasteiger partial charge is 0.444 e. The molecule has 0 aromatic heterocycles. The van der Waals surface area contributed by atoms with E-state index in [1.807, 2.05) is 20.8 Å². The van der Waals surface area contributed by atoms with Crippen LogP contribution < -0.4 is 5.73 Å². The molecule has 0 atom stereocenters. The predicted octanol–water partition coefficient (Wildman–Crippen LogP) is 1.54. The Balaban J connectivity index is 2.46. The van der Waals surface area contributed by atoms with Gasteiger partial charge in [0.25, 0.3) is 0 Å². The van der Waals surface area contributed by atoms with Gasteiger partial charge in [-0.3, -0.25) is 5.41 Å². The quantitative estimate of drug-likeness (QED) is 0.467. The van der Waals surface area contributed by atoms with Crippen LogP contribution >= 0.6 is 0 Å². The number of ether oxygens (including phenoxy) is 1. The zero-order valence-electron chi connectivity index (χ0n) is 12.5. The standard InChI is InChI=1S/C14H24N4O2/c1-11(5-6-12(15)16)17-7-9-18(10-8-17)13(19)20-14(2,3)4/h5-6H,1,7-10H2,2-4H3,(H3,15,16)/b6-5-. The minimum Gasteiger partial charge on any atom is -0.444 e. The maximum Gasteiger partial charge on any atom is 0.410 e. The molecule has 1 heterocycles. The molecule has 6 heteroatoms. The Labute approximate surface area is 120 Å². The van der Waals surface area contributed by atoms with Crippen LogP contribution in [0.4, 0.5) is 4.79 Å². The minimum atomic E-state index is -0.470. The van der Waals surface area contributed by atoms with E-state index in [0.717, 1.165) is 5.70 Å². The molecule has 0 aromatic carbocycles. The van der Waals surface area contributed by atoms with E-state index < -0.39 is 5.60 Å². The lowest BCUT2D eigenvalue weighted by Crippen LogP contribution is -2.49. The second-order valence-corrected chi connectivity index (χ2v) is 5.73. The van der Waals surface area contributed by atoms with Gasteiger partial charge in [-0.25, -0.2) is 4.79 Å². The van der Waals surface area contributed by atoms with Crippen LogP contribution in [0.2, 0.25) is 0 Å². The SMILES string of the molecule is C=C(/C=C\C(=N)N)N1CCN(C(=O)OC(C)(C)C)CC1. The summed E-state index contributed by atoms with van der Waals surface area (Å²) in [5, 5.41) is 7.14. The minimum absolute atomic E-state index is 0.00135. The molecule has 0 bridgehead atoms. The van der Waals surface area contributed by atoms with Gasteiger partial charge in [0.1, 0.15) is 11.4 Å². The normalized spacial score (nSPS) is 16.4. The highest BCUT2D eigenvalue weighted by molar-refractivity contribution is 5.88. The molecule has 1 rings (SSSR count). The zero-order chi connectivity index (χ0) is 15.3. The van der Waals surface area contributed by atoms with Gasteiger partial charge in [-0.05, 0) is 32.9 Å². The third kappa shape index (κ3) is 5.34. The highest BCUT2D eigenvalue weighted by atomic mass is 16.6. The molecule has 0 saturated carbocycles. The number of carbonyl (C=O) groups is 1. The Kier molecular flexibility index (Phi) is 5.19. The number of nitrogens with two attached hydrogens (primary N) is 1. The van der Waals surface area contributed by atoms with E-state index in [-0.39, 0.29) is 11.9 Å². The summed E-state index contributed by atoms with van der Waals surface area (Å²) in [6.45, 7) is 12.1. The third-order valence-electron chi connectivity index (χ3n) is 2.79. The second kappa shape index (κ2) is 6.45. The molecule has 0 spiro atoms. The van der Waals surface area contributed by atoms with Crippen molar-refractivity contribution in [2.45, 2.75) is 26.4 Å². The number of amidine groups is 1. The molecular weight excluding hydrogens is 256 g/mol.